The van der Waals surface area contributed by atoms with Crippen LogP contribution in [0.25, 0.3) is 0 Å². The largest absolute Gasteiger partial charge is 0.491 e. The minimum absolute atomic E-state index is 0.0119. The Hall–Kier alpha value is -2.82. The van der Waals surface area contributed by atoms with E-state index in [1.54, 1.807) is 18.9 Å². The third-order valence-electron chi connectivity index (χ3n) is 5.39. The van der Waals surface area contributed by atoms with Crippen LogP contribution in [0, 0.1) is 6.92 Å². The molecule has 2 aromatic rings. The molecule has 5 heteroatoms. The third-order valence-corrected chi connectivity index (χ3v) is 5.39. The van der Waals surface area contributed by atoms with Crippen molar-refractivity contribution in [3.63, 3.8) is 0 Å². The van der Waals surface area contributed by atoms with E-state index in [-0.39, 0.29) is 24.3 Å². The molecular weight excluding hydrogens is 352 g/mol. The molecule has 0 aromatic heterocycles. The summed E-state index contributed by atoms with van der Waals surface area (Å²) in [6.45, 7) is 5.17. The topological polar surface area (TPSA) is 49.9 Å². The molecule has 28 heavy (non-hydrogen) atoms. The van der Waals surface area contributed by atoms with Gasteiger partial charge in [-0.15, -0.1) is 0 Å². The van der Waals surface area contributed by atoms with Crippen LogP contribution >= 0.6 is 0 Å². The van der Waals surface area contributed by atoms with Gasteiger partial charge in [0.25, 0.3) is 0 Å². The number of amides is 2. The molecule has 0 bridgehead atoms. The van der Waals surface area contributed by atoms with Gasteiger partial charge in [-0.25, -0.2) is 0 Å². The van der Waals surface area contributed by atoms with Crippen LogP contribution in [0.1, 0.15) is 36.1 Å². The summed E-state index contributed by atoms with van der Waals surface area (Å²) in [5.41, 5.74) is 3.39. The van der Waals surface area contributed by atoms with E-state index in [1.807, 2.05) is 54.3 Å². The van der Waals surface area contributed by atoms with Crippen LogP contribution in [0.2, 0.25) is 0 Å². The van der Waals surface area contributed by atoms with Crippen molar-refractivity contribution in [2.75, 3.05) is 26.7 Å². The van der Waals surface area contributed by atoms with Gasteiger partial charge in [0.2, 0.25) is 11.8 Å². The summed E-state index contributed by atoms with van der Waals surface area (Å²) in [6, 6.07) is 15.7. The zero-order valence-corrected chi connectivity index (χ0v) is 16.9. The Bertz CT molecular complexity index is 849. The lowest BCUT2D eigenvalue weighted by atomic mass is 9.90. The molecule has 1 unspecified atom stereocenters. The van der Waals surface area contributed by atoms with Crippen LogP contribution in [0.15, 0.2) is 48.5 Å². The molecule has 1 atom stereocenters. The number of likely N-dealkylation sites (N-methyl/N-ethyl adjacent to an activating group) is 1. The normalized spacial score (nSPS) is 15.7. The molecular formula is C23H28N2O3. The Labute approximate surface area is 166 Å². The van der Waals surface area contributed by atoms with E-state index < -0.39 is 0 Å². The maximum Gasteiger partial charge on any atom is 0.224 e. The van der Waals surface area contributed by atoms with Crippen LogP contribution in [-0.2, 0) is 16.0 Å². The van der Waals surface area contributed by atoms with Gasteiger partial charge in [0.1, 0.15) is 12.4 Å². The lowest BCUT2D eigenvalue weighted by molar-refractivity contribution is -0.136. The molecule has 0 N–H and O–H groups in total. The van der Waals surface area contributed by atoms with E-state index in [0.717, 1.165) is 23.3 Å². The highest BCUT2D eigenvalue weighted by atomic mass is 16.5. The second-order valence-electron chi connectivity index (χ2n) is 7.31. The number of hydrogen-bond acceptors (Lipinski definition) is 3. The average molecular weight is 380 g/mol. The van der Waals surface area contributed by atoms with Gasteiger partial charge in [-0.3, -0.25) is 9.59 Å². The molecule has 0 saturated carbocycles. The molecule has 1 aliphatic rings. The molecule has 3 rings (SSSR count). The summed E-state index contributed by atoms with van der Waals surface area (Å²) < 4.78 is 5.80. The highest BCUT2D eigenvalue weighted by Crippen LogP contribution is 2.32. The van der Waals surface area contributed by atoms with Crippen molar-refractivity contribution in [3.05, 3.63) is 65.2 Å². The number of nitrogens with zero attached hydrogens (tertiary/aromatic N) is 2. The summed E-state index contributed by atoms with van der Waals surface area (Å²) in [4.78, 5) is 28.4. The first-order valence-electron chi connectivity index (χ1n) is 9.74. The Morgan fingerprint density at radius 2 is 1.86 bits per heavy atom. The summed E-state index contributed by atoms with van der Waals surface area (Å²) in [5.74, 6) is 0.867. The highest BCUT2D eigenvalue weighted by molar-refractivity contribution is 5.79. The molecule has 2 aromatic carbocycles. The lowest BCUT2D eigenvalue weighted by Crippen LogP contribution is -2.42. The summed E-state index contributed by atoms with van der Waals surface area (Å²) >= 11 is 0. The number of ether oxygens (including phenoxy) is 1. The van der Waals surface area contributed by atoms with Gasteiger partial charge in [-0.05, 0) is 36.1 Å². The highest BCUT2D eigenvalue weighted by Gasteiger charge is 2.31. The van der Waals surface area contributed by atoms with E-state index >= 15 is 0 Å². The van der Waals surface area contributed by atoms with E-state index in [1.165, 1.54) is 5.56 Å². The first-order valence-corrected chi connectivity index (χ1v) is 9.74. The fourth-order valence-corrected chi connectivity index (χ4v) is 3.71. The number of fused-ring (bicyclic) bond motifs is 1. The number of hydrogen-bond donors (Lipinski definition) is 0. The van der Waals surface area contributed by atoms with Gasteiger partial charge in [0, 0.05) is 20.5 Å². The van der Waals surface area contributed by atoms with Crippen molar-refractivity contribution >= 4 is 11.8 Å². The predicted octanol–water partition coefficient (Wildman–Crippen LogP) is 3.37. The van der Waals surface area contributed by atoms with Crippen LogP contribution in [-0.4, -0.2) is 48.4 Å². The third kappa shape index (κ3) is 4.53. The molecule has 1 heterocycles. The van der Waals surface area contributed by atoms with E-state index in [9.17, 15) is 9.59 Å². The van der Waals surface area contributed by atoms with E-state index in [0.29, 0.717) is 19.7 Å². The molecule has 148 valence electrons. The monoisotopic (exact) mass is 380 g/mol. The zero-order valence-electron chi connectivity index (χ0n) is 16.9. The standard InChI is InChI=1S/C23H28N2O3/c1-17-8-4-7-11-22(17)28-15-14-24(3)23(27)16-21-20-10-6-5-9-19(20)12-13-25(21)18(2)26/h4-11,21H,12-16H2,1-3H3. The van der Waals surface area contributed by atoms with Crippen LogP contribution in [0.3, 0.4) is 0 Å². The van der Waals surface area contributed by atoms with Crippen molar-refractivity contribution in [1.82, 2.24) is 9.80 Å². The number of carbonyl (C=O) groups excluding carboxylic acids is 2. The number of aryl methyl sites for hydroxylation is 1. The molecule has 0 fully saturated rings. The van der Waals surface area contributed by atoms with Gasteiger partial charge < -0.3 is 14.5 Å². The van der Waals surface area contributed by atoms with Gasteiger partial charge in [-0.1, -0.05) is 42.5 Å². The summed E-state index contributed by atoms with van der Waals surface area (Å²) in [5, 5.41) is 0. The molecule has 0 saturated heterocycles. The maximum atomic E-state index is 12.8. The number of rotatable bonds is 6. The van der Waals surface area contributed by atoms with Gasteiger partial charge in [0.05, 0.1) is 19.0 Å². The fourth-order valence-electron chi connectivity index (χ4n) is 3.71. The Kier molecular flexibility index (Phi) is 6.34. The fraction of sp³-hybridized carbons (Fsp3) is 0.391. The van der Waals surface area contributed by atoms with Crippen molar-refractivity contribution in [1.29, 1.82) is 0 Å². The van der Waals surface area contributed by atoms with E-state index in [2.05, 4.69) is 6.07 Å². The van der Waals surface area contributed by atoms with Crippen LogP contribution in [0.4, 0.5) is 0 Å². The predicted molar refractivity (Wildman–Crippen MR) is 109 cm³/mol. The Balaban J connectivity index is 1.62. The number of benzene rings is 2. The Morgan fingerprint density at radius 3 is 2.61 bits per heavy atom. The first kappa shape index (κ1) is 19.9. The Morgan fingerprint density at radius 1 is 1.14 bits per heavy atom. The van der Waals surface area contributed by atoms with Crippen molar-refractivity contribution in [2.24, 2.45) is 0 Å². The molecule has 1 aliphatic heterocycles. The van der Waals surface area contributed by atoms with E-state index in [4.69, 9.17) is 4.74 Å². The number of carbonyl (C=O) groups is 2. The quantitative estimate of drug-likeness (QED) is 0.772. The van der Waals surface area contributed by atoms with Crippen molar-refractivity contribution in [2.45, 2.75) is 32.7 Å². The summed E-state index contributed by atoms with van der Waals surface area (Å²) in [6.07, 6.45) is 1.12. The van der Waals surface area contributed by atoms with Crippen molar-refractivity contribution in [3.8, 4) is 5.75 Å². The second kappa shape index (κ2) is 8.91. The zero-order chi connectivity index (χ0) is 20.1. The molecule has 0 aliphatic carbocycles. The van der Waals surface area contributed by atoms with Crippen LogP contribution < -0.4 is 4.74 Å². The molecule has 0 radical (unpaired) electrons. The second-order valence-corrected chi connectivity index (χ2v) is 7.31. The van der Waals surface area contributed by atoms with Crippen LogP contribution in [0.5, 0.6) is 5.75 Å². The lowest BCUT2D eigenvalue weighted by Gasteiger charge is -2.37. The molecule has 5 nitrogen and oxygen atoms in total. The molecule has 0 spiro atoms. The van der Waals surface area contributed by atoms with Gasteiger partial charge in [-0.2, -0.15) is 0 Å². The minimum Gasteiger partial charge on any atom is -0.491 e. The van der Waals surface area contributed by atoms with Crippen molar-refractivity contribution < 1.29 is 14.3 Å². The first-order chi connectivity index (χ1) is 13.5. The minimum atomic E-state index is -0.199. The SMILES string of the molecule is CC(=O)N1CCc2ccccc2C1CC(=O)N(C)CCOc1ccccc1C. The smallest absolute Gasteiger partial charge is 0.224 e. The molecule has 2 amide bonds. The number of para-hydroxylation sites is 1. The van der Waals surface area contributed by atoms with Gasteiger partial charge in [0.15, 0.2) is 0 Å². The maximum absolute atomic E-state index is 12.8. The summed E-state index contributed by atoms with van der Waals surface area (Å²) in [7, 11) is 1.79. The average Bonchev–Trinajstić information content (AvgIpc) is 2.69. The van der Waals surface area contributed by atoms with Gasteiger partial charge >= 0.3 is 0 Å².